The van der Waals surface area contributed by atoms with Gasteiger partial charge in [0.15, 0.2) is 40.6 Å². The second kappa shape index (κ2) is 11.7. The summed E-state index contributed by atoms with van der Waals surface area (Å²) in [5, 5.41) is 9.31. The highest BCUT2D eigenvalue weighted by molar-refractivity contribution is 5.35. The molecule has 0 aromatic heterocycles. The number of aromatic hydroxyl groups is 1. The van der Waals surface area contributed by atoms with Gasteiger partial charge in [-0.25, -0.2) is 17.6 Å². The van der Waals surface area contributed by atoms with Crippen LogP contribution in [0.3, 0.4) is 0 Å². The standard InChI is InChI=1S/C28H28F6O2/c1-4-36-16(3)24(30)23(29)15(2)5-6-19-11-12-20(26(32)25(19)31)17-7-9-18(10-8-17)21-13-14-22(35)28(34)27(21)33/h11-14,17-18,35H,2-10H2,1H3/b24-23-. The SMILES string of the molecule is C=C(CCc1ccc(C2CCC(c3ccc(O)c(F)c3F)CC2)c(F)c1F)/C(F)=C(/F)C(=C)OCC. The van der Waals surface area contributed by atoms with E-state index in [1.807, 2.05) is 0 Å². The molecule has 0 unspecified atom stereocenters. The van der Waals surface area contributed by atoms with Crippen molar-refractivity contribution in [2.45, 2.75) is 57.3 Å². The Kier molecular flexibility index (Phi) is 8.93. The van der Waals surface area contributed by atoms with Crippen molar-refractivity contribution < 1.29 is 36.2 Å². The predicted octanol–water partition coefficient (Wildman–Crippen LogP) is 8.58. The fourth-order valence-corrected chi connectivity index (χ4v) is 4.61. The summed E-state index contributed by atoms with van der Waals surface area (Å²) in [5.41, 5.74) is 0.127. The highest BCUT2D eigenvalue weighted by Gasteiger charge is 2.29. The lowest BCUT2D eigenvalue weighted by atomic mass is 9.75. The van der Waals surface area contributed by atoms with Crippen LogP contribution in [0.4, 0.5) is 26.3 Å². The number of halogens is 6. The summed E-state index contributed by atoms with van der Waals surface area (Å²) in [6, 6.07) is 5.34. The molecule has 0 radical (unpaired) electrons. The lowest BCUT2D eigenvalue weighted by molar-refractivity contribution is 0.224. The van der Waals surface area contributed by atoms with Crippen molar-refractivity contribution in [3.8, 4) is 5.75 Å². The molecule has 0 aliphatic heterocycles. The highest BCUT2D eigenvalue weighted by atomic mass is 19.2. The van der Waals surface area contributed by atoms with Gasteiger partial charge in [-0.2, -0.15) is 8.78 Å². The van der Waals surface area contributed by atoms with Crippen molar-refractivity contribution in [3.05, 3.63) is 100 Å². The van der Waals surface area contributed by atoms with E-state index in [1.54, 1.807) is 6.92 Å². The minimum Gasteiger partial charge on any atom is -0.505 e. The van der Waals surface area contributed by atoms with E-state index in [0.717, 1.165) is 6.07 Å². The van der Waals surface area contributed by atoms with Crippen LogP contribution >= 0.6 is 0 Å². The van der Waals surface area contributed by atoms with E-state index < -0.39 is 46.4 Å². The lowest BCUT2D eigenvalue weighted by Gasteiger charge is -2.29. The number of allylic oxidation sites excluding steroid dienone is 3. The summed E-state index contributed by atoms with van der Waals surface area (Å²) in [6.07, 6.45) is 1.53. The fraction of sp³-hybridized carbons (Fsp3) is 0.357. The normalized spacial score (nSPS) is 18.5. The molecule has 0 bridgehead atoms. The molecule has 2 nitrogen and oxygen atoms in total. The molecule has 0 amide bonds. The molecule has 1 N–H and O–H groups in total. The largest absolute Gasteiger partial charge is 0.505 e. The number of hydrogen-bond acceptors (Lipinski definition) is 2. The van der Waals surface area contributed by atoms with Gasteiger partial charge in [-0.1, -0.05) is 31.4 Å². The molecule has 1 aliphatic rings. The topological polar surface area (TPSA) is 29.5 Å². The molecule has 0 atom stereocenters. The zero-order chi connectivity index (χ0) is 26.6. The maximum Gasteiger partial charge on any atom is 0.200 e. The van der Waals surface area contributed by atoms with E-state index >= 15 is 0 Å². The van der Waals surface area contributed by atoms with Gasteiger partial charge in [0.2, 0.25) is 5.82 Å². The Morgan fingerprint density at radius 3 is 1.92 bits per heavy atom. The van der Waals surface area contributed by atoms with Gasteiger partial charge >= 0.3 is 0 Å². The van der Waals surface area contributed by atoms with Gasteiger partial charge in [0.1, 0.15) is 0 Å². The zero-order valence-electron chi connectivity index (χ0n) is 20.0. The first kappa shape index (κ1) is 27.4. The average molecular weight is 511 g/mol. The molecule has 194 valence electrons. The summed E-state index contributed by atoms with van der Waals surface area (Å²) in [7, 11) is 0. The van der Waals surface area contributed by atoms with Gasteiger partial charge in [0.25, 0.3) is 0 Å². The Balaban J connectivity index is 1.66. The molecular formula is C28H28F6O2. The number of ether oxygens (including phenoxy) is 1. The molecule has 0 saturated heterocycles. The second-order valence-electron chi connectivity index (χ2n) is 8.88. The quantitative estimate of drug-likeness (QED) is 0.208. The monoisotopic (exact) mass is 510 g/mol. The third-order valence-corrected chi connectivity index (χ3v) is 6.65. The minimum atomic E-state index is -1.29. The molecule has 0 spiro atoms. The maximum absolute atomic E-state index is 14.9. The van der Waals surface area contributed by atoms with E-state index in [4.69, 9.17) is 4.74 Å². The van der Waals surface area contributed by atoms with Gasteiger partial charge in [-0.05, 0) is 85.6 Å². The van der Waals surface area contributed by atoms with Crippen molar-refractivity contribution in [2.24, 2.45) is 0 Å². The third-order valence-electron chi connectivity index (χ3n) is 6.65. The third kappa shape index (κ3) is 5.79. The first-order valence-electron chi connectivity index (χ1n) is 11.8. The smallest absolute Gasteiger partial charge is 0.200 e. The Bertz CT molecular complexity index is 1180. The summed E-state index contributed by atoms with van der Waals surface area (Å²) in [6.45, 7) is 8.46. The van der Waals surface area contributed by atoms with Crippen LogP contribution in [0.1, 0.15) is 67.6 Å². The Labute approximate surface area is 206 Å². The van der Waals surface area contributed by atoms with Crippen molar-refractivity contribution >= 4 is 0 Å². The van der Waals surface area contributed by atoms with E-state index in [9.17, 15) is 31.4 Å². The first-order chi connectivity index (χ1) is 17.1. The van der Waals surface area contributed by atoms with E-state index in [0.29, 0.717) is 25.7 Å². The number of hydrogen-bond donors (Lipinski definition) is 1. The molecule has 2 aromatic carbocycles. The lowest BCUT2D eigenvalue weighted by Crippen LogP contribution is -2.15. The van der Waals surface area contributed by atoms with Crippen LogP contribution in [0.25, 0.3) is 0 Å². The van der Waals surface area contributed by atoms with Crippen molar-refractivity contribution in [1.29, 1.82) is 0 Å². The van der Waals surface area contributed by atoms with Crippen molar-refractivity contribution in [2.75, 3.05) is 6.61 Å². The number of phenolic OH excluding ortho intramolecular Hbond substituents is 1. The molecular weight excluding hydrogens is 482 g/mol. The average Bonchev–Trinajstić information content (AvgIpc) is 2.87. The van der Waals surface area contributed by atoms with Crippen molar-refractivity contribution in [3.63, 3.8) is 0 Å². The van der Waals surface area contributed by atoms with E-state index in [-0.39, 0.29) is 53.5 Å². The Morgan fingerprint density at radius 1 is 0.833 bits per heavy atom. The van der Waals surface area contributed by atoms with Gasteiger partial charge in [-0.15, -0.1) is 0 Å². The molecule has 3 rings (SSSR count). The molecule has 36 heavy (non-hydrogen) atoms. The predicted molar refractivity (Wildman–Crippen MR) is 126 cm³/mol. The number of phenols is 1. The molecule has 1 saturated carbocycles. The van der Waals surface area contributed by atoms with Crippen LogP contribution in [-0.2, 0) is 11.2 Å². The molecule has 8 heteroatoms. The van der Waals surface area contributed by atoms with Gasteiger partial charge < -0.3 is 9.84 Å². The Hall–Kier alpha value is -3.16. The fourth-order valence-electron chi connectivity index (χ4n) is 4.61. The summed E-state index contributed by atoms with van der Waals surface area (Å²) >= 11 is 0. The van der Waals surface area contributed by atoms with Crippen LogP contribution < -0.4 is 0 Å². The Morgan fingerprint density at radius 2 is 1.36 bits per heavy atom. The number of rotatable bonds is 9. The minimum absolute atomic E-state index is 0.00423. The molecule has 1 aliphatic carbocycles. The summed E-state index contributed by atoms with van der Waals surface area (Å²) in [5.74, 6) is -8.79. The van der Waals surface area contributed by atoms with Gasteiger partial charge in [0, 0.05) is 0 Å². The number of benzene rings is 2. The van der Waals surface area contributed by atoms with Gasteiger partial charge in [-0.3, -0.25) is 0 Å². The molecule has 2 aromatic rings. The molecule has 1 fully saturated rings. The maximum atomic E-state index is 14.9. The van der Waals surface area contributed by atoms with Crippen LogP contribution in [0.2, 0.25) is 0 Å². The highest BCUT2D eigenvalue weighted by Crippen LogP contribution is 2.43. The summed E-state index contributed by atoms with van der Waals surface area (Å²) < 4.78 is 90.7. The second-order valence-corrected chi connectivity index (χ2v) is 8.88. The number of aryl methyl sites for hydroxylation is 1. The van der Waals surface area contributed by atoms with Crippen LogP contribution in [0, 0.1) is 23.3 Å². The first-order valence-corrected chi connectivity index (χ1v) is 11.8. The zero-order valence-corrected chi connectivity index (χ0v) is 20.0. The van der Waals surface area contributed by atoms with E-state index in [1.165, 1.54) is 18.2 Å². The molecule has 0 heterocycles. The van der Waals surface area contributed by atoms with Crippen LogP contribution in [-0.4, -0.2) is 11.7 Å². The van der Waals surface area contributed by atoms with Crippen LogP contribution in [0.5, 0.6) is 5.75 Å². The van der Waals surface area contributed by atoms with E-state index in [2.05, 4.69) is 13.2 Å². The van der Waals surface area contributed by atoms with Crippen molar-refractivity contribution in [1.82, 2.24) is 0 Å². The van der Waals surface area contributed by atoms with Crippen LogP contribution in [0.15, 0.2) is 60.4 Å². The summed E-state index contributed by atoms with van der Waals surface area (Å²) in [4.78, 5) is 0. The van der Waals surface area contributed by atoms with Gasteiger partial charge in [0.05, 0.1) is 6.61 Å².